The first-order valence-corrected chi connectivity index (χ1v) is 6.63. The van der Waals surface area contributed by atoms with Gasteiger partial charge in [-0.3, -0.25) is 4.79 Å². The molecular weight excluding hydrogens is 242 g/mol. The van der Waals surface area contributed by atoms with Crippen molar-refractivity contribution in [1.82, 2.24) is 4.57 Å². The number of hydrogen-bond donors (Lipinski definition) is 0. The normalized spacial score (nSPS) is 11.0. The highest BCUT2D eigenvalue weighted by Crippen LogP contribution is 2.25. The highest BCUT2D eigenvalue weighted by molar-refractivity contribution is 7.14. The molecule has 2 heterocycles. The van der Waals surface area contributed by atoms with Crippen molar-refractivity contribution in [1.29, 1.82) is 0 Å². The Morgan fingerprint density at radius 2 is 1.94 bits per heavy atom. The van der Waals surface area contributed by atoms with Gasteiger partial charge in [0, 0.05) is 34.6 Å². The van der Waals surface area contributed by atoms with Gasteiger partial charge in [0.1, 0.15) is 0 Å². The number of ketones is 1. The van der Waals surface area contributed by atoms with E-state index in [1.54, 1.807) is 11.3 Å². The number of nitrogens with zero attached hydrogens (tertiary/aromatic N) is 1. The Labute approximate surface area is 109 Å². The van der Waals surface area contributed by atoms with Crippen LogP contribution in [0.5, 0.6) is 0 Å². The van der Waals surface area contributed by atoms with Gasteiger partial charge >= 0.3 is 0 Å². The van der Waals surface area contributed by atoms with Crippen molar-refractivity contribution in [3.8, 4) is 0 Å². The van der Waals surface area contributed by atoms with Gasteiger partial charge < -0.3 is 4.57 Å². The number of aromatic nitrogens is 1. The maximum atomic E-state index is 12.5. The fraction of sp³-hybridized carbons (Fsp3) is 0.133. The molecule has 0 fully saturated rings. The number of para-hydroxylation sites is 1. The lowest BCUT2D eigenvalue weighted by atomic mass is 10.1. The summed E-state index contributed by atoms with van der Waals surface area (Å²) in [5.74, 6) is 0.116. The van der Waals surface area contributed by atoms with Gasteiger partial charge in [-0.15, -0.1) is 11.3 Å². The molecule has 3 rings (SSSR count). The topological polar surface area (TPSA) is 22.0 Å². The molecule has 0 unspecified atom stereocenters. The Balaban J connectivity index is 2.18. The maximum Gasteiger partial charge on any atom is 0.205 e. The SMILES string of the molecule is Cc1ccc(C(=O)c2cn(C)c3ccccc23)s1. The molecule has 18 heavy (non-hydrogen) atoms. The van der Waals surface area contributed by atoms with E-state index in [1.807, 2.05) is 61.1 Å². The zero-order chi connectivity index (χ0) is 12.7. The molecule has 0 bridgehead atoms. The summed E-state index contributed by atoms with van der Waals surface area (Å²) in [6.45, 7) is 2.02. The van der Waals surface area contributed by atoms with Gasteiger partial charge in [-0.2, -0.15) is 0 Å². The van der Waals surface area contributed by atoms with Crippen molar-refractivity contribution in [2.45, 2.75) is 6.92 Å². The molecule has 1 aromatic carbocycles. The molecule has 0 N–H and O–H groups in total. The molecule has 0 aliphatic rings. The minimum atomic E-state index is 0.116. The first-order valence-electron chi connectivity index (χ1n) is 5.82. The van der Waals surface area contributed by atoms with Crippen molar-refractivity contribution in [2.75, 3.05) is 0 Å². The Hall–Kier alpha value is -1.87. The van der Waals surface area contributed by atoms with Crippen LogP contribution in [-0.4, -0.2) is 10.4 Å². The molecule has 0 aliphatic carbocycles. The number of carbonyl (C=O) groups is 1. The smallest absolute Gasteiger partial charge is 0.205 e. The third-order valence-electron chi connectivity index (χ3n) is 3.11. The van der Waals surface area contributed by atoms with Gasteiger partial charge in [0.05, 0.1) is 4.88 Å². The Bertz CT molecular complexity index is 736. The van der Waals surface area contributed by atoms with E-state index in [9.17, 15) is 4.79 Å². The highest BCUT2D eigenvalue weighted by atomic mass is 32.1. The first-order chi connectivity index (χ1) is 8.66. The van der Waals surface area contributed by atoms with E-state index < -0.39 is 0 Å². The Morgan fingerprint density at radius 3 is 2.67 bits per heavy atom. The summed E-state index contributed by atoms with van der Waals surface area (Å²) in [6.07, 6.45) is 1.92. The summed E-state index contributed by atoms with van der Waals surface area (Å²) < 4.78 is 2.00. The number of aryl methyl sites for hydroxylation is 2. The third kappa shape index (κ3) is 1.68. The van der Waals surface area contributed by atoms with Crippen LogP contribution in [0.3, 0.4) is 0 Å². The molecule has 90 valence electrons. The van der Waals surface area contributed by atoms with E-state index >= 15 is 0 Å². The second kappa shape index (κ2) is 4.10. The molecule has 0 amide bonds. The van der Waals surface area contributed by atoms with Gasteiger partial charge in [-0.1, -0.05) is 18.2 Å². The minimum Gasteiger partial charge on any atom is -0.350 e. The monoisotopic (exact) mass is 255 g/mol. The van der Waals surface area contributed by atoms with E-state index in [2.05, 4.69) is 0 Å². The summed E-state index contributed by atoms with van der Waals surface area (Å²) in [5, 5.41) is 1.02. The minimum absolute atomic E-state index is 0.116. The molecule has 0 aliphatic heterocycles. The predicted octanol–water partition coefficient (Wildman–Crippen LogP) is 3.78. The van der Waals surface area contributed by atoms with Gasteiger partial charge in [-0.05, 0) is 25.1 Å². The first kappa shape index (κ1) is 11.2. The lowest BCUT2D eigenvalue weighted by Crippen LogP contribution is -1.97. The average Bonchev–Trinajstić information content (AvgIpc) is 2.94. The fourth-order valence-corrected chi connectivity index (χ4v) is 3.03. The summed E-state index contributed by atoms with van der Waals surface area (Å²) in [5.41, 5.74) is 1.88. The van der Waals surface area contributed by atoms with E-state index in [4.69, 9.17) is 0 Å². The van der Waals surface area contributed by atoms with E-state index in [0.29, 0.717) is 0 Å². The summed E-state index contributed by atoms with van der Waals surface area (Å²) in [4.78, 5) is 14.5. The van der Waals surface area contributed by atoms with Crippen LogP contribution in [0.2, 0.25) is 0 Å². The van der Waals surface area contributed by atoms with Gasteiger partial charge in [-0.25, -0.2) is 0 Å². The van der Waals surface area contributed by atoms with Crippen LogP contribution in [0.25, 0.3) is 10.9 Å². The van der Waals surface area contributed by atoms with Crippen LogP contribution in [0.4, 0.5) is 0 Å². The number of benzene rings is 1. The summed E-state index contributed by atoms with van der Waals surface area (Å²) in [6, 6.07) is 11.9. The molecule has 0 spiro atoms. The molecular formula is C15H13NOS. The van der Waals surface area contributed by atoms with E-state index in [-0.39, 0.29) is 5.78 Å². The quantitative estimate of drug-likeness (QED) is 0.639. The van der Waals surface area contributed by atoms with Crippen LogP contribution in [0.1, 0.15) is 20.1 Å². The molecule has 2 nitrogen and oxygen atoms in total. The van der Waals surface area contributed by atoms with Crippen LogP contribution >= 0.6 is 11.3 Å². The Morgan fingerprint density at radius 1 is 1.17 bits per heavy atom. The van der Waals surface area contributed by atoms with Gasteiger partial charge in [0.25, 0.3) is 0 Å². The van der Waals surface area contributed by atoms with Crippen LogP contribution < -0.4 is 0 Å². The van der Waals surface area contributed by atoms with Gasteiger partial charge in [0.15, 0.2) is 0 Å². The number of hydrogen-bond acceptors (Lipinski definition) is 2. The van der Waals surface area contributed by atoms with Crippen LogP contribution in [0, 0.1) is 6.92 Å². The van der Waals surface area contributed by atoms with Crippen molar-refractivity contribution in [3.63, 3.8) is 0 Å². The number of thiophene rings is 1. The standard InChI is InChI=1S/C15H13NOS/c1-10-7-8-14(18-10)15(17)12-9-16(2)13-6-4-3-5-11(12)13/h3-9H,1-2H3. The summed E-state index contributed by atoms with van der Waals surface area (Å²) >= 11 is 1.55. The van der Waals surface area contributed by atoms with Crippen molar-refractivity contribution < 1.29 is 4.79 Å². The Kier molecular flexibility index (Phi) is 2.56. The zero-order valence-electron chi connectivity index (χ0n) is 10.3. The number of rotatable bonds is 2. The molecule has 3 heteroatoms. The van der Waals surface area contributed by atoms with Crippen molar-refractivity contribution in [3.05, 3.63) is 57.9 Å². The molecule has 0 atom stereocenters. The predicted molar refractivity (Wildman–Crippen MR) is 75.4 cm³/mol. The lowest BCUT2D eigenvalue weighted by Gasteiger charge is -1.95. The number of fused-ring (bicyclic) bond motifs is 1. The third-order valence-corrected chi connectivity index (χ3v) is 4.11. The maximum absolute atomic E-state index is 12.5. The lowest BCUT2D eigenvalue weighted by molar-refractivity contribution is 0.104. The zero-order valence-corrected chi connectivity index (χ0v) is 11.1. The highest BCUT2D eigenvalue weighted by Gasteiger charge is 2.16. The molecule has 0 saturated heterocycles. The molecule has 0 radical (unpaired) electrons. The molecule has 0 saturated carbocycles. The summed E-state index contributed by atoms with van der Waals surface area (Å²) in [7, 11) is 1.97. The van der Waals surface area contributed by atoms with Gasteiger partial charge in [0.2, 0.25) is 5.78 Å². The van der Waals surface area contributed by atoms with Crippen LogP contribution in [0.15, 0.2) is 42.6 Å². The molecule has 2 aromatic heterocycles. The average molecular weight is 255 g/mol. The van der Waals surface area contributed by atoms with E-state index in [1.165, 1.54) is 4.88 Å². The molecule has 3 aromatic rings. The van der Waals surface area contributed by atoms with E-state index in [0.717, 1.165) is 21.3 Å². The second-order valence-corrected chi connectivity index (χ2v) is 5.70. The van der Waals surface area contributed by atoms with Crippen molar-refractivity contribution >= 4 is 28.0 Å². The second-order valence-electron chi connectivity index (χ2n) is 4.41. The van der Waals surface area contributed by atoms with Crippen LogP contribution in [-0.2, 0) is 7.05 Å². The van der Waals surface area contributed by atoms with Crippen molar-refractivity contribution in [2.24, 2.45) is 7.05 Å². The fourth-order valence-electron chi connectivity index (χ4n) is 2.21. The largest absolute Gasteiger partial charge is 0.350 e. The number of carbonyl (C=O) groups excluding carboxylic acids is 1.